The summed E-state index contributed by atoms with van der Waals surface area (Å²) in [5.41, 5.74) is 6.92. The van der Waals surface area contributed by atoms with E-state index in [1.807, 2.05) is 12.1 Å². The van der Waals surface area contributed by atoms with E-state index in [0.717, 1.165) is 11.1 Å². The van der Waals surface area contributed by atoms with Crippen molar-refractivity contribution in [3.05, 3.63) is 77.1 Å². The van der Waals surface area contributed by atoms with Crippen molar-refractivity contribution in [1.82, 2.24) is 10.2 Å². The van der Waals surface area contributed by atoms with Crippen LogP contribution in [0.5, 0.6) is 0 Å². The van der Waals surface area contributed by atoms with Crippen LogP contribution in [-0.2, 0) is 5.67 Å². The molecular weight excluding hydrogens is 301 g/mol. The van der Waals surface area contributed by atoms with Gasteiger partial charge in [0, 0.05) is 23.3 Å². The van der Waals surface area contributed by atoms with Gasteiger partial charge in [0.05, 0.1) is 6.20 Å². The van der Waals surface area contributed by atoms with Gasteiger partial charge in [0.25, 0.3) is 0 Å². The number of benzene rings is 2. The first-order chi connectivity index (χ1) is 10.6. The molecule has 112 valence electrons. The zero-order valence-corrected chi connectivity index (χ0v) is 12.5. The second kappa shape index (κ2) is 5.91. The lowest BCUT2D eigenvalue weighted by Crippen LogP contribution is -2.31. The predicted molar refractivity (Wildman–Crippen MR) is 86.4 cm³/mol. The minimum Gasteiger partial charge on any atom is -0.327 e. The Balaban J connectivity index is 1.98. The van der Waals surface area contributed by atoms with Crippen LogP contribution in [0, 0.1) is 0 Å². The topological polar surface area (TPSA) is 54.7 Å². The maximum atomic E-state index is 15.4. The van der Waals surface area contributed by atoms with Gasteiger partial charge in [0.1, 0.15) is 0 Å². The number of nitrogens with two attached hydrogens (primary N) is 1. The molecule has 2 aromatic carbocycles. The Kier molecular flexibility index (Phi) is 3.96. The molecule has 1 aromatic heterocycles. The third kappa shape index (κ3) is 2.63. The molecule has 0 saturated carbocycles. The summed E-state index contributed by atoms with van der Waals surface area (Å²) in [7, 11) is 0. The molecule has 0 fully saturated rings. The normalized spacial score (nSPS) is 13.8. The SMILES string of the molecule is NCC(F)(c1ccc(Cl)cc1)c1ccc(-c2cn[nH]c2)cc1. The van der Waals surface area contributed by atoms with E-state index in [4.69, 9.17) is 17.3 Å². The van der Waals surface area contributed by atoms with Crippen LogP contribution in [-0.4, -0.2) is 16.7 Å². The highest BCUT2D eigenvalue weighted by Gasteiger charge is 2.32. The van der Waals surface area contributed by atoms with E-state index < -0.39 is 5.67 Å². The van der Waals surface area contributed by atoms with Gasteiger partial charge in [0.15, 0.2) is 5.67 Å². The molecule has 3 N–H and O–H groups in total. The van der Waals surface area contributed by atoms with Crippen molar-refractivity contribution in [3.63, 3.8) is 0 Å². The van der Waals surface area contributed by atoms with Crippen molar-refractivity contribution >= 4 is 11.6 Å². The number of halogens is 2. The lowest BCUT2D eigenvalue weighted by molar-refractivity contribution is 0.232. The van der Waals surface area contributed by atoms with Gasteiger partial charge in [-0.25, -0.2) is 4.39 Å². The minimum absolute atomic E-state index is 0.139. The first-order valence-electron chi connectivity index (χ1n) is 6.88. The summed E-state index contributed by atoms with van der Waals surface area (Å²) in [4.78, 5) is 0. The molecule has 0 amide bonds. The number of H-pyrrole nitrogens is 1. The summed E-state index contributed by atoms with van der Waals surface area (Å²) in [5, 5.41) is 7.24. The molecule has 0 radical (unpaired) electrons. The van der Waals surface area contributed by atoms with Gasteiger partial charge >= 0.3 is 0 Å². The average Bonchev–Trinajstić information content (AvgIpc) is 3.09. The van der Waals surface area contributed by atoms with Crippen LogP contribution >= 0.6 is 11.6 Å². The fourth-order valence-electron chi connectivity index (χ4n) is 2.45. The summed E-state index contributed by atoms with van der Waals surface area (Å²) in [6.07, 6.45) is 3.51. The summed E-state index contributed by atoms with van der Waals surface area (Å²) in [6, 6.07) is 13.9. The molecule has 3 aromatic rings. The largest absolute Gasteiger partial charge is 0.327 e. The molecule has 1 unspecified atom stereocenters. The van der Waals surface area contributed by atoms with Gasteiger partial charge in [0.2, 0.25) is 0 Å². The van der Waals surface area contributed by atoms with Crippen LogP contribution in [0.3, 0.4) is 0 Å². The van der Waals surface area contributed by atoms with Gasteiger partial charge in [-0.3, -0.25) is 5.10 Å². The van der Waals surface area contributed by atoms with E-state index in [9.17, 15) is 0 Å². The van der Waals surface area contributed by atoms with Gasteiger partial charge in [-0.2, -0.15) is 5.10 Å². The number of rotatable bonds is 4. The van der Waals surface area contributed by atoms with Crippen molar-refractivity contribution in [2.24, 2.45) is 5.73 Å². The summed E-state index contributed by atoms with van der Waals surface area (Å²) >= 11 is 5.87. The molecule has 0 aliphatic rings. The van der Waals surface area contributed by atoms with Crippen molar-refractivity contribution in [2.75, 3.05) is 6.54 Å². The Bertz CT molecular complexity index is 739. The van der Waals surface area contributed by atoms with Gasteiger partial charge in [-0.05, 0) is 28.8 Å². The summed E-state index contributed by atoms with van der Waals surface area (Å²) in [5.74, 6) is 0. The molecule has 1 heterocycles. The van der Waals surface area contributed by atoms with E-state index in [-0.39, 0.29) is 6.54 Å². The van der Waals surface area contributed by atoms with Crippen LogP contribution in [0.2, 0.25) is 5.02 Å². The number of alkyl halides is 1. The molecule has 0 saturated heterocycles. The standard InChI is InChI=1S/C17H15ClFN3/c18-16-7-5-15(6-8-16)17(19,11-20)14-3-1-12(2-4-14)13-9-21-22-10-13/h1-10H,11,20H2,(H,21,22). The maximum absolute atomic E-state index is 15.4. The van der Waals surface area contributed by atoms with E-state index in [0.29, 0.717) is 16.1 Å². The molecule has 22 heavy (non-hydrogen) atoms. The van der Waals surface area contributed by atoms with E-state index in [1.54, 1.807) is 48.8 Å². The molecule has 3 nitrogen and oxygen atoms in total. The highest BCUT2D eigenvalue weighted by atomic mass is 35.5. The first kappa shape index (κ1) is 14.8. The van der Waals surface area contributed by atoms with Crippen LogP contribution in [0.15, 0.2) is 60.9 Å². The maximum Gasteiger partial charge on any atom is 0.173 e. The highest BCUT2D eigenvalue weighted by molar-refractivity contribution is 6.30. The highest BCUT2D eigenvalue weighted by Crippen LogP contribution is 2.34. The molecule has 0 aliphatic carbocycles. The van der Waals surface area contributed by atoms with Crippen LogP contribution < -0.4 is 5.73 Å². The van der Waals surface area contributed by atoms with Crippen molar-refractivity contribution in [1.29, 1.82) is 0 Å². The second-order valence-corrected chi connectivity index (χ2v) is 5.51. The Morgan fingerprint density at radius 2 is 1.59 bits per heavy atom. The zero-order chi connectivity index (χ0) is 15.6. The van der Waals surface area contributed by atoms with Crippen molar-refractivity contribution in [3.8, 4) is 11.1 Å². The molecule has 0 bridgehead atoms. The Morgan fingerprint density at radius 3 is 2.09 bits per heavy atom. The number of nitrogens with one attached hydrogen (secondary N) is 1. The van der Waals surface area contributed by atoms with Crippen molar-refractivity contribution in [2.45, 2.75) is 5.67 Å². The van der Waals surface area contributed by atoms with Crippen molar-refractivity contribution < 1.29 is 4.39 Å². The Labute approximate surface area is 132 Å². The molecule has 3 rings (SSSR count). The third-order valence-corrected chi connectivity index (χ3v) is 4.01. The molecule has 5 heteroatoms. The number of hydrogen-bond acceptors (Lipinski definition) is 2. The van der Waals surface area contributed by atoms with E-state index in [2.05, 4.69) is 10.2 Å². The number of hydrogen-bond donors (Lipinski definition) is 2. The summed E-state index contributed by atoms with van der Waals surface area (Å²) < 4.78 is 15.4. The first-order valence-corrected chi connectivity index (χ1v) is 7.26. The predicted octanol–water partition coefficient (Wildman–Crippen LogP) is 3.90. The monoisotopic (exact) mass is 315 g/mol. The molecule has 1 atom stereocenters. The van der Waals surface area contributed by atoms with E-state index in [1.165, 1.54) is 0 Å². The third-order valence-electron chi connectivity index (χ3n) is 3.76. The smallest absolute Gasteiger partial charge is 0.173 e. The minimum atomic E-state index is -1.74. The van der Waals surface area contributed by atoms with E-state index >= 15 is 4.39 Å². The lowest BCUT2D eigenvalue weighted by atomic mass is 9.87. The van der Waals surface area contributed by atoms with Gasteiger partial charge in [-0.1, -0.05) is 48.0 Å². The lowest BCUT2D eigenvalue weighted by Gasteiger charge is -2.25. The number of aromatic nitrogens is 2. The quantitative estimate of drug-likeness (QED) is 0.767. The Morgan fingerprint density at radius 1 is 1.00 bits per heavy atom. The molecule has 0 spiro atoms. The number of nitrogens with zero attached hydrogens (tertiary/aromatic N) is 1. The molecule has 0 aliphatic heterocycles. The van der Waals surface area contributed by atoms with Gasteiger partial charge in [-0.15, -0.1) is 0 Å². The fourth-order valence-corrected chi connectivity index (χ4v) is 2.58. The van der Waals surface area contributed by atoms with Crippen LogP contribution in [0.4, 0.5) is 4.39 Å². The average molecular weight is 316 g/mol. The van der Waals surface area contributed by atoms with Crippen LogP contribution in [0.25, 0.3) is 11.1 Å². The zero-order valence-electron chi connectivity index (χ0n) is 11.8. The fraction of sp³-hybridized carbons (Fsp3) is 0.118. The molecular formula is C17H15ClFN3. The summed E-state index contributed by atoms with van der Waals surface area (Å²) in [6.45, 7) is -0.139. The Hall–Kier alpha value is -2.17. The second-order valence-electron chi connectivity index (χ2n) is 5.08. The van der Waals surface area contributed by atoms with Gasteiger partial charge < -0.3 is 5.73 Å². The number of aromatic amines is 1. The van der Waals surface area contributed by atoms with Crippen LogP contribution in [0.1, 0.15) is 11.1 Å².